The van der Waals surface area contributed by atoms with E-state index in [1.54, 1.807) is 25.4 Å². The molecule has 0 radical (unpaired) electrons. The number of carbonyl (C=O) groups is 1. The van der Waals surface area contributed by atoms with Crippen molar-refractivity contribution in [2.75, 3.05) is 11.9 Å². The zero-order valence-electron chi connectivity index (χ0n) is 10.9. The molecule has 0 saturated heterocycles. The van der Waals surface area contributed by atoms with E-state index in [0.29, 0.717) is 11.8 Å². The molecule has 1 aromatic carbocycles. The monoisotopic (exact) mass is 296 g/mol. The Kier molecular flexibility index (Phi) is 3.84. The lowest BCUT2D eigenvalue weighted by Crippen LogP contribution is -2.16. The normalized spacial score (nSPS) is 11.2. The predicted octanol–water partition coefficient (Wildman–Crippen LogP) is 3.57. The molecule has 0 aliphatic carbocycles. The van der Waals surface area contributed by atoms with E-state index in [9.17, 15) is 18.0 Å². The van der Waals surface area contributed by atoms with Gasteiger partial charge in [0, 0.05) is 13.2 Å². The molecule has 21 heavy (non-hydrogen) atoms. The van der Waals surface area contributed by atoms with Crippen LogP contribution >= 0.6 is 0 Å². The number of carboxylic acids is 1. The Balaban J connectivity index is 2.51. The summed E-state index contributed by atoms with van der Waals surface area (Å²) in [4.78, 5) is 16.6. The number of hydrogen-bond acceptors (Lipinski definition) is 3. The fraction of sp³-hybridized carbons (Fsp3) is 0.143. The topological polar surface area (TPSA) is 53.4 Å². The number of rotatable bonds is 3. The zero-order valence-corrected chi connectivity index (χ0v) is 10.9. The number of anilines is 2. The highest BCUT2D eigenvalue weighted by molar-refractivity contribution is 5.95. The van der Waals surface area contributed by atoms with E-state index >= 15 is 0 Å². The average Bonchev–Trinajstić information content (AvgIpc) is 2.45. The first-order valence-corrected chi connectivity index (χ1v) is 5.89. The van der Waals surface area contributed by atoms with Crippen molar-refractivity contribution < 1.29 is 23.1 Å². The van der Waals surface area contributed by atoms with Crippen LogP contribution in [-0.2, 0) is 6.18 Å². The molecule has 0 aliphatic heterocycles. The van der Waals surface area contributed by atoms with E-state index in [4.69, 9.17) is 5.11 Å². The van der Waals surface area contributed by atoms with Crippen molar-refractivity contribution in [2.45, 2.75) is 6.18 Å². The largest absolute Gasteiger partial charge is 0.478 e. The maximum Gasteiger partial charge on any atom is 0.416 e. The second-order valence-electron chi connectivity index (χ2n) is 4.31. The second-order valence-corrected chi connectivity index (χ2v) is 4.31. The van der Waals surface area contributed by atoms with Crippen molar-refractivity contribution in [3.63, 3.8) is 0 Å². The number of nitrogens with zero attached hydrogens (tertiary/aromatic N) is 2. The van der Waals surface area contributed by atoms with Gasteiger partial charge in [0.25, 0.3) is 0 Å². The molecular weight excluding hydrogens is 285 g/mol. The van der Waals surface area contributed by atoms with Gasteiger partial charge in [-0.15, -0.1) is 0 Å². The summed E-state index contributed by atoms with van der Waals surface area (Å²) in [5, 5.41) is 9.14. The number of aromatic carboxylic acids is 1. The highest BCUT2D eigenvalue weighted by atomic mass is 19.4. The molecular formula is C14H11F3N2O2. The standard InChI is InChI=1S/C14H11F3N2O2/c1-19(10-3-2-6-18-8-10)12-5-4-9(14(15,16)17)7-11(12)13(20)21/h2-8H,1H3,(H,20,21). The molecule has 0 bridgehead atoms. The highest BCUT2D eigenvalue weighted by Gasteiger charge is 2.32. The summed E-state index contributed by atoms with van der Waals surface area (Å²) in [6, 6.07) is 5.95. The van der Waals surface area contributed by atoms with Crippen LogP contribution in [0.3, 0.4) is 0 Å². The van der Waals surface area contributed by atoms with Gasteiger partial charge in [0.2, 0.25) is 0 Å². The number of carboxylic acid groups (broad SMARTS) is 1. The first-order valence-electron chi connectivity index (χ1n) is 5.89. The summed E-state index contributed by atoms with van der Waals surface area (Å²) in [5.41, 5.74) is -0.692. The van der Waals surface area contributed by atoms with Gasteiger partial charge in [-0.3, -0.25) is 4.98 Å². The van der Waals surface area contributed by atoms with Crippen LogP contribution in [-0.4, -0.2) is 23.1 Å². The van der Waals surface area contributed by atoms with Gasteiger partial charge in [0.15, 0.2) is 0 Å². The van der Waals surface area contributed by atoms with Gasteiger partial charge in [-0.2, -0.15) is 13.2 Å². The van der Waals surface area contributed by atoms with Gasteiger partial charge in [-0.1, -0.05) is 0 Å². The Morgan fingerprint density at radius 1 is 1.29 bits per heavy atom. The van der Waals surface area contributed by atoms with Crippen LogP contribution in [0.4, 0.5) is 24.5 Å². The number of alkyl halides is 3. The Morgan fingerprint density at radius 2 is 2.00 bits per heavy atom. The average molecular weight is 296 g/mol. The minimum Gasteiger partial charge on any atom is -0.478 e. The fourth-order valence-electron chi connectivity index (χ4n) is 1.87. The van der Waals surface area contributed by atoms with Crippen LogP contribution < -0.4 is 4.90 Å². The van der Waals surface area contributed by atoms with Gasteiger partial charge in [0.05, 0.1) is 28.7 Å². The lowest BCUT2D eigenvalue weighted by Gasteiger charge is -2.21. The minimum atomic E-state index is -4.59. The Hall–Kier alpha value is -2.57. The molecule has 0 atom stereocenters. The van der Waals surface area contributed by atoms with Gasteiger partial charge in [-0.05, 0) is 30.3 Å². The van der Waals surface area contributed by atoms with Gasteiger partial charge in [0.1, 0.15) is 0 Å². The first-order chi connectivity index (χ1) is 9.80. The smallest absolute Gasteiger partial charge is 0.416 e. The summed E-state index contributed by atoms with van der Waals surface area (Å²) in [5.74, 6) is -1.42. The van der Waals surface area contributed by atoms with E-state index in [1.165, 1.54) is 11.1 Å². The van der Waals surface area contributed by atoms with Crippen molar-refractivity contribution in [3.05, 3.63) is 53.9 Å². The summed E-state index contributed by atoms with van der Waals surface area (Å²) in [7, 11) is 1.56. The van der Waals surface area contributed by atoms with Gasteiger partial charge >= 0.3 is 12.1 Å². The second kappa shape index (κ2) is 5.43. The summed E-state index contributed by atoms with van der Waals surface area (Å²) in [6.07, 6.45) is -1.55. The molecule has 0 aliphatic rings. The predicted molar refractivity (Wildman–Crippen MR) is 70.7 cm³/mol. The van der Waals surface area contributed by atoms with Crippen LogP contribution in [0.15, 0.2) is 42.7 Å². The number of hydrogen-bond donors (Lipinski definition) is 1. The molecule has 7 heteroatoms. The van der Waals surface area contributed by atoms with Crippen molar-refractivity contribution in [3.8, 4) is 0 Å². The Bertz CT molecular complexity index is 657. The van der Waals surface area contributed by atoms with E-state index < -0.39 is 23.3 Å². The van der Waals surface area contributed by atoms with Crippen molar-refractivity contribution in [2.24, 2.45) is 0 Å². The quantitative estimate of drug-likeness (QED) is 0.940. The third-order valence-corrected chi connectivity index (χ3v) is 2.95. The van der Waals surface area contributed by atoms with E-state index in [0.717, 1.165) is 12.1 Å². The lowest BCUT2D eigenvalue weighted by atomic mass is 10.1. The fourth-order valence-corrected chi connectivity index (χ4v) is 1.87. The Morgan fingerprint density at radius 3 is 2.52 bits per heavy atom. The van der Waals surface area contributed by atoms with Crippen LogP contribution in [0.5, 0.6) is 0 Å². The summed E-state index contributed by atoms with van der Waals surface area (Å²) in [6.45, 7) is 0. The third kappa shape index (κ3) is 3.13. The maximum absolute atomic E-state index is 12.7. The molecule has 0 saturated carbocycles. The molecule has 2 rings (SSSR count). The van der Waals surface area contributed by atoms with Crippen LogP contribution in [0.25, 0.3) is 0 Å². The molecule has 1 heterocycles. The molecule has 4 nitrogen and oxygen atoms in total. The van der Waals surface area contributed by atoms with Crippen LogP contribution in [0, 0.1) is 0 Å². The first kappa shape index (κ1) is 14.8. The zero-order chi connectivity index (χ0) is 15.6. The molecule has 0 unspecified atom stereocenters. The van der Waals surface area contributed by atoms with Crippen LogP contribution in [0.1, 0.15) is 15.9 Å². The van der Waals surface area contributed by atoms with Gasteiger partial charge in [-0.25, -0.2) is 4.79 Å². The van der Waals surface area contributed by atoms with Crippen molar-refractivity contribution >= 4 is 17.3 Å². The third-order valence-electron chi connectivity index (χ3n) is 2.95. The van der Waals surface area contributed by atoms with E-state index in [1.807, 2.05) is 0 Å². The maximum atomic E-state index is 12.7. The SMILES string of the molecule is CN(c1cccnc1)c1ccc(C(F)(F)F)cc1C(=O)O. The number of pyridine rings is 1. The molecule has 1 N–H and O–H groups in total. The highest BCUT2D eigenvalue weighted by Crippen LogP contribution is 2.34. The summed E-state index contributed by atoms with van der Waals surface area (Å²) >= 11 is 0. The molecule has 0 spiro atoms. The molecule has 1 aromatic heterocycles. The molecule has 110 valence electrons. The van der Waals surface area contributed by atoms with E-state index in [2.05, 4.69) is 4.98 Å². The number of halogens is 3. The lowest BCUT2D eigenvalue weighted by molar-refractivity contribution is -0.137. The number of aromatic nitrogens is 1. The molecule has 2 aromatic rings. The van der Waals surface area contributed by atoms with Gasteiger partial charge < -0.3 is 10.0 Å². The van der Waals surface area contributed by atoms with Crippen molar-refractivity contribution in [1.82, 2.24) is 4.98 Å². The Labute approximate surface area is 118 Å². The van der Waals surface area contributed by atoms with Crippen molar-refractivity contribution in [1.29, 1.82) is 0 Å². The summed E-state index contributed by atoms with van der Waals surface area (Å²) < 4.78 is 38.0. The minimum absolute atomic E-state index is 0.156. The molecule has 0 fully saturated rings. The van der Waals surface area contributed by atoms with E-state index in [-0.39, 0.29) is 5.69 Å². The van der Waals surface area contributed by atoms with Crippen LogP contribution in [0.2, 0.25) is 0 Å². The number of benzene rings is 1. The molecule has 0 amide bonds.